The molecule has 2 fully saturated rings. The maximum atomic E-state index is 12.1. The van der Waals surface area contributed by atoms with Crippen molar-refractivity contribution in [2.24, 2.45) is 5.92 Å². The minimum Gasteiger partial charge on any atom is -0.481 e. The first-order valence-electron chi connectivity index (χ1n) is 6.88. The topological polar surface area (TPSA) is 57.6 Å². The number of rotatable bonds is 2. The molecule has 2 aliphatic rings. The number of piperidine rings is 1. The number of carboxylic acids is 1. The van der Waals surface area contributed by atoms with Crippen molar-refractivity contribution in [3.8, 4) is 0 Å². The van der Waals surface area contributed by atoms with E-state index in [1.807, 2.05) is 0 Å². The number of carboxylic acid groups (broad SMARTS) is 1. The smallest absolute Gasteiger partial charge is 0.308 e. The molecule has 4 nitrogen and oxygen atoms in total. The summed E-state index contributed by atoms with van der Waals surface area (Å²) >= 11 is 0. The fraction of sp³-hybridized carbons (Fsp3) is 0.714. The lowest BCUT2D eigenvalue weighted by Gasteiger charge is -2.30. The second kappa shape index (κ2) is 6.03. The molecule has 1 amide bonds. The van der Waals surface area contributed by atoms with Crippen molar-refractivity contribution < 1.29 is 14.7 Å². The van der Waals surface area contributed by atoms with Gasteiger partial charge in [0.1, 0.15) is 0 Å². The molecular weight excluding hydrogens is 230 g/mol. The summed E-state index contributed by atoms with van der Waals surface area (Å²) < 4.78 is 0. The number of allylic oxidation sites excluding steroid dienone is 1. The lowest BCUT2D eigenvalue weighted by atomic mass is 9.94. The highest BCUT2D eigenvalue weighted by atomic mass is 16.4. The van der Waals surface area contributed by atoms with Gasteiger partial charge in [-0.25, -0.2) is 0 Å². The summed E-state index contributed by atoms with van der Waals surface area (Å²) in [4.78, 5) is 24.7. The van der Waals surface area contributed by atoms with Gasteiger partial charge in [-0.1, -0.05) is 12.0 Å². The molecule has 0 spiro atoms. The number of amides is 1. The number of aliphatic carboxylic acids is 1. The first-order chi connectivity index (χ1) is 8.66. The quantitative estimate of drug-likeness (QED) is 0.765. The van der Waals surface area contributed by atoms with Gasteiger partial charge in [-0.05, 0) is 38.5 Å². The van der Waals surface area contributed by atoms with E-state index in [9.17, 15) is 9.59 Å². The highest BCUT2D eigenvalue weighted by Gasteiger charge is 2.27. The van der Waals surface area contributed by atoms with E-state index in [4.69, 9.17) is 5.11 Å². The molecule has 1 aliphatic carbocycles. The highest BCUT2D eigenvalue weighted by molar-refractivity contribution is 5.88. The summed E-state index contributed by atoms with van der Waals surface area (Å²) in [6, 6.07) is 0. The maximum absolute atomic E-state index is 12.1. The van der Waals surface area contributed by atoms with Crippen molar-refractivity contribution >= 4 is 11.9 Å². The lowest BCUT2D eigenvalue weighted by Crippen LogP contribution is -2.41. The molecule has 1 unspecified atom stereocenters. The van der Waals surface area contributed by atoms with Gasteiger partial charge in [0.05, 0.1) is 5.92 Å². The minimum absolute atomic E-state index is 0.0119. The first kappa shape index (κ1) is 13.1. The van der Waals surface area contributed by atoms with Gasteiger partial charge in [0.15, 0.2) is 0 Å². The predicted molar refractivity (Wildman–Crippen MR) is 68.1 cm³/mol. The molecule has 1 aliphatic heterocycles. The standard InChI is InChI=1S/C14H21NO3/c16-13(9-11-5-2-1-3-6-11)15-8-4-7-12(10-15)14(17)18/h9,12H,1-8,10H2,(H,17,18). The molecule has 0 aromatic rings. The number of carbonyl (C=O) groups is 2. The molecule has 1 atom stereocenters. The van der Waals surface area contributed by atoms with E-state index in [0.717, 1.165) is 19.3 Å². The van der Waals surface area contributed by atoms with Crippen molar-refractivity contribution in [1.82, 2.24) is 4.90 Å². The molecule has 1 heterocycles. The molecule has 1 saturated carbocycles. The zero-order chi connectivity index (χ0) is 13.0. The van der Waals surface area contributed by atoms with E-state index in [0.29, 0.717) is 19.5 Å². The van der Waals surface area contributed by atoms with Crippen molar-refractivity contribution in [2.75, 3.05) is 13.1 Å². The molecule has 0 bridgehead atoms. The number of nitrogens with zero attached hydrogens (tertiary/aromatic N) is 1. The Morgan fingerprint density at radius 3 is 2.56 bits per heavy atom. The van der Waals surface area contributed by atoms with Crippen LogP contribution in [0.5, 0.6) is 0 Å². The molecule has 0 aromatic heterocycles. The van der Waals surface area contributed by atoms with E-state index in [1.165, 1.54) is 24.8 Å². The third-order valence-electron chi connectivity index (χ3n) is 3.91. The van der Waals surface area contributed by atoms with Gasteiger partial charge in [0, 0.05) is 19.2 Å². The van der Waals surface area contributed by atoms with E-state index in [-0.39, 0.29) is 11.8 Å². The maximum Gasteiger partial charge on any atom is 0.308 e. The third kappa shape index (κ3) is 3.34. The fourth-order valence-electron chi connectivity index (χ4n) is 2.80. The van der Waals surface area contributed by atoms with Crippen LogP contribution in [0.15, 0.2) is 11.6 Å². The van der Waals surface area contributed by atoms with Crippen LogP contribution in [0.25, 0.3) is 0 Å². The normalized spacial score (nSPS) is 24.8. The van der Waals surface area contributed by atoms with Crippen LogP contribution in [-0.4, -0.2) is 35.0 Å². The Balaban J connectivity index is 1.93. The molecular formula is C14H21NO3. The Labute approximate surface area is 108 Å². The number of carbonyl (C=O) groups excluding carboxylic acids is 1. The van der Waals surface area contributed by atoms with E-state index in [1.54, 1.807) is 11.0 Å². The molecule has 1 N–H and O–H groups in total. The molecule has 0 radical (unpaired) electrons. The van der Waals surface area contributed by atoms with Gasteiger partial charge in [-0.2, -0.15) is 0 Å². The Bertz CT molecular complexity index is 354. The Morgan fingerprint density at radius 1 is 1.17 bits per heavy atom. The van der Waals surface area contributed by atoms with Crippen LogP contribution in [0.3, 0.4) is 0 Å². The molecule has 100 valence electrons. The molecule has 2 rings (SSSR count). The van der Waals surface area contributed by atoms with Crippen molar-refractivity contribution in [3.63, 3.8) is 0 Å². The van der Waals surface area contributed by atoms with Gasteiger partial charge in [0.25, 0.3) is 0 Å². The Hall–Kier alpha value is -1.32. The molecule has 1 saturated heterocycles. The summed E-state index contributed by atoms with van der Waals surface area (Å²) in [6.07, 6.45) is 8.92. The van der Waals surface area contributed by atoms with E-state index < -0.39 is 5.97 Å². The first-order valence-corrected chi connectivity index (χ1v) is 6.88. The zero-order valence-electron chi connectivity index (χ0n) is 10.7. The van der Waals surface area contributed by atoms with Gasteiger partial charge < -0.3 is 10.0 Å². The minimum atomic E-state index is -0.780. The van der Waals surface area contributed by atoms with E-state index >= 15 is 0 Å². The van der Waals surface area contributed by atoms with E-state index in [2.05, 4.69) is 0 Å². The summed E-state index contributed by atoms with van der Waals surface area (Å²) in [5.74, 6) is -1.15. The summed E-state index contributed by atoms with van der Waals surface area (Å²) in [6.45, 7) is 1.07. The zero-order valence-corrected chi connectivity index (χ0v) is 10.7. The highest BCUT2D eigenvalue weighted by Crippen LogP contribution is 2.23. The van der Waals surface area contributed by atoms with Gasteiger partial charge in [-0.3, -0.25) is 9.59 Å². The van der Waals surface area contributed by atoms with Crippen molar-refractivity contribution in [1.29, 1.82) is 0 Å². The second-order valence-corrected chi connectivity index (χ2v) is 5.32. The van der Waals surface area contributed by atoms with Crippen molar-refractivity contribution in [3.05, 3.63) is 11.6 Å². The summed E-state index contributed by atoms with van der Waals surface area (Å²) in [5.41, 5.74) is 1.24. The third-order valence-corrected chi connectivity index (χ3v) is 3.91. The molecule has 0 aromatic carbocycles. The van der Waals surface area contributed by atoms with Gasteiger partial charge in [0.2, 0.25) is 5.91 Å². The summed E-state index contributed by atoms with van der Waals surface area (Å²) in [7, 11) is 0. The van der Waals surface area contributed by atoms with Crippen LogP contribution in [0.2, 0.25) is 0 Å². The predicted octanol–water partition coefficient (Wildman–Crippen LogP) is 2.20. The second-order valence-electron chi connectivity index (χ2n) is 5.32. The monoisotopic (exact) mass is 251 g/mol. The Morgan fingerprint density at radius 2 is 1.89 bits per heavy atom. The van der Waals surface area contributed by atoms with Gasteiger partial charge in [-0.15, -0.1) is 0 Å². The summed E-state index contributed by atoms with van der Waals surface area (Å²) in [5, 5.41) is 9.01. The van der Waals surface area contributed by atoms with Crippen LogP contribution in [-0.2, 0) is 9.59 Å². The van der Waals surface area contributed by atoms with Crippen LogP contribution >= 0.6 is 0 Å². The number of hydrogen-bond acceptors (Lipinski definition) is 2. The molecule has 18 heavy (non-hydrogen) atoms. The average Bonchev–Trinajstić information content (AvgIpc) is 2.40. The number of likely N-dealkylation sites (tertiary alicyclic amines) is 1. The SMILES string of the molecule is O=C(O)C1CCCN(C(=O)C=C2CCCCC2)C1. The van der Waals surface area contributed by atoms with Gasteiger partial charge >= 0.3 is 5.97 Å². The van der Waals surface area contributed by atoms with Crippen LogP contribution in [0.4, 0.5) is 0 Å². The number of hydrogen-bond donors (Lipinski definition) is 1. The van der Waals surface area contributed by atoms with Crippen LogP contribution < -0.4 is 0 Å². The largest absolute Gasteiger partial charge is 0.481 e. The molecule has 4 heteroatoms. The van der Waals surface area contributed by atoms with Crippen molar-refractivity contribution in [2.45, 2.75) is 44.9 Å². The van der Waals surface area contributed by atoms with Crippen LogP contribution in [0.1, 0.15) is 44.9 Å². The average molecular weight is 251 g/mol. The fourth-order valence-corrected chi connectivity index (χ4v) is 2.80. The Kier molecular flexibility index (Phi) is 4.39. The van der Waals surface area contributed by atoms with Crippen LogP contribution in [0, 0.1) is 5.92 Å². The lowest BCUT2D eigenvalue weighted by molar-refractivity contribution is -0.144.